The van der Waals surface area contributed by atoms with Gasteiger partial charge in [0.15, 0.2) is 11.4 Å². The second-order valence-corrected chi connectivity index (χ2v) is 5.86. The number of likely N-dealkylation sites (tertiary alicyclic amines) is 1. The van der Waals surface area contributed by atoms with Gasteiger partial charge in [-0.2, -0.15) is 0 Å². The van der Waals surface area contributed by atoms with Gasteiger partial charge in [0.2, 0.25) is 0 Å². The number of nitrogens with zero attached hydrogens (tertiary/aromatic N) is 1. The third-order valence-corrected chi connectivity index (χ3v) is 3.68. The monoisotopic (exact) mass is 283 g/mol. The van der Waals surface area contributed by atoms with Crippen LogP contribution in [0.4, 0.5) is 0 Å². The maximum atomic E-state index is 12.1. The van der Waals surface area contributed by atoms with E-state index in [9.17, 15) is 14.7 Å². The minimum Gasteiger partial charge on any atom is -0.377 e. The Morgan fingerprint density at radius 1 is 1.60 bits per heavy atom. The van der Waals surface area contributed by atoms with E-state index in [4.69, 9.17) is 9.47 Å². The number of ether oxygens (including phenoxy) is 2. The van der Waals surface area contributed by atoms with Crippen molar-refractivity contribution in [3.63, 3.8) is 0 Å². The molecule has 3 atom stereocenters. The maximum Gasteiger partial charge on any atom is 0.258 e. The fourth-order valence-corrected chi connectivity index (χ4v) is 2.97. The van der Waals surface area contributed by atoms with E-state index in [1.165, 1.54) is 11.8 Å². The topological polar surface area (TPSA) is 76.1 Å². The fraction of sp³-hybridized carbons (Fsp3) is 0.714. The molecule has 2 fully saturated rings. The number of β-lactam (4-membered cyclic amide) rings is 1. The molecule has 0 saturated carbocycles. The van der Waals surface area contributed by atoms with Crippen LogP contribution in [0.5, 0.6) is 0 Å². The van der Waals surface area contributed by atoms with Gasteiger partial charge in [-0.05, 0) is 20.8 Å². The minimum atomic E-state index is -1.69. The molecule has 1 N–H and O–H groups in total. The van der Waals surface area contributed by atoms with Crippen molar-refractivity contribution in [2.75, 3.05) is 13.2 Å². The van der Waals surface area contributed by atoms with Gasteiger partial charge in [0.05, 0.1) is 12.6 Å². The molecule has 1 amide bonds. The highest BCUT2D eigenvalue weighted by atomic mass is 16.7. The molecule has 112 valence electrons. The zero-order valence-corrected chi connectivity index (χ0v) is 12.1. The number of carbonyl (C=O) groups is 2. The second kappa shape index (κ2) is 4.95. The lowest BCUT2D eigenvalue weighted by Crippen LogP contribution is -2.78. The minimum absolute atomic E-state index is 0.204. The Hall–Kier alpha value is -1.24. The lowest BCUT2D eigenvalue weighted by molar-refractivity contribution is -0.214. The summed E-state index contributed by atoms with van der Waals surface area (Å²) < 4.78 is 11.2. The van der Waals surface area contributed by atoms with Crippen LogP contribution in [-0.4, -0.2) is 58.4 Å². The van der Waals surface area contributed by atoms with Crippen LogP contribution in [0.15, 0.2) is 12.7 Å². The molecule has 6 nitrogen and oxygen atoms in total. The zero-order chi connectivity index (χ0) is 15.1. The molecule has 0 bridgehead atoms. The lowest BCUT2D eigenvalue weighted by Gasteiger charge is -2.54. The highest BCUT2D eigenvalue weighted by molar-refractivity contribution is 5.97. The molecule has 2 aliphatic heterocycles. The van der Waals surface area contributed by atoms with Crippen molar-refractivity contribution in [2.45, 2.75) is 50.7 Å². The van der Waals surface area contributed by atoms with Crippen LogP contribution < -0.4 is 0 Å². The van der Waals surface area contributed by atoms with Gasteiger partial charge >= 0.3 is 0 Å². The van der Waals surface area contributed by atoms with Crippen LogP contribution in [0, 0.1) is 0 Å². The number of amides is 1. The zero-order valence-electron chi connectivity index (χ0n) is 12.1. The SMILES string of the molecule is C=CCN1C(=O)[C@@](O)(CC(C)=O)[C@@H]1[C@H]1COC(C)(C)O1. The number of carbonyl (C=O) groups excluding carboxylic acids is 2. The van der Waals surface area contributed by atoms with Crippen LogP contribution in [0.1, 0.15) is 27.2 Å². The number of hydrogen-bond acceptors (Lipinski definition) is 5. The van der Waals surface area contributed by atoms with Gasteiger partial charge in [-0.1, -0.05) is 6.08 Å². The first-order valence-corrected chi connectivity index (χ1v) is 6.67. The van der Waals surface area contributed by atoms with E-state index in [1.807, 2.05) is 0 Å². The average Bonchev–Trinajstić information content (AvgIpc) is 2.67. The molecule has 0 unspecified atom stereocenters. The summed E-state index contributed by atoms with van der Waals surface area (Å²) in [6.07, 6.45) is 0.927. The smallest absolute Gasteiger partial charge is 0.258 e. The molecule has 0 radical (unpaired) electrons. The molecule has 0 aromatic heterocycles. The van der Waals surface area contributed by atoms with Crippen molar-refractivity contribution in [3.05, 3.63) is 12.7 Å². The fourth-order valence-electron chi connectivity index (χ4n) is 2.97. The van der Waals surface area contributed by atoms with E-state index in [-0.39, 0.29) is 18.8 Å². The van der Waals surface area contributed by atoms with Gasteiger partial charge in [0.1, 0.15) is 11.9 Å². The number of aliphatic hydroxyl groups is 1. The molecule has 6 heteroatoms. The van der Waals surface area contributed by atoms with Gasteiger partial charge < -0.3 is 19.5 Å². The molecule has 2 aliphatic rings. The molecular formula is C14H21NO5. The molecule has 20 heavy (non-hydrogen) atoms. The van der Waals surface area contributed by atoms with E-state index in [0.717, 1.165) is 0 Å². The van der Waals surface area contributed by atoms with Gasteiger partial charge in [-0.3, -0.25) is 9.59 Å². The van der Waals surface area contributed by atoms with E-state index >= 15 is 0 Å². The van der Waals surface area contributed by atoms with Crippen molar-refractivity contribution < 1.29 is 24.2 Å². The highest BCUT2D eigenvalue weighted by Crippen LogP contribution is 2.40. The van der Waals surface area contributed by atoms with Crippen molar-refractivity contribution in [2.24, 2.45) is 0 Å². The summed E-state index contributed by atoms with van der Waals surface area (Å²) in [6.45, 7) is 9.09. The molecule has 2 saturated heterocycles. The summed E-state index contributed by atoms with van der Waals surface area (Å²) in [6, 6.07) is -0.585. The van der Waals surface area contributed by atoms with Crippen LogP contribution in [-0.2, 0) is 19.1 Å². The van der Waals surface area contributed by atoms with Crippen molar-refractivity contribution >= 4 is 11.7 Å². The molecular weight excluding hydrogens is 262 g/mol. The predicted octanol–water partition coefficient (Wildman–Crippen LogP) is 0.245. The third-order valence-electron chi connectivity index (χ3n) is 3.68. The van der Waals surface area contributed by atoms with Crippen LogP contribution in [0.25, 0.3) is 0 Å². The Kier molecular flexibility index (Phi) is 3.75. The Balaban J connectivity index is 2.22. The third kappa shape index (κ3) is 2.39. The Morgan fingerprint density at radius 2 is 2.25 bits per heavy atom. The summed E-state index contributed by atoms with van der Waals surface area (Å²) in [5, 5.41) is 10.6. The molecule has 0 aromatic rings. The quantitative estimate of drug-likeness (QED) is 0.578. The van der Waals surface area contributed by atoms with E-state index in [0.29, 0.717) is 6.54 Å². The standard InChI is InChI=1S/C14H21NO5/c1-5-6-15-11(10-8-19-13(3,4)20-10)14(18,12(15)17)7-9(2)16/h5,10-11,18H,1,6-8H2,2-4H3/t10-,11+,14-/m1/s1. The largest absolute Gasteiger partial charge is 0.377 e. The van der Waals surface area contributed by atoms with Crippen LogP contribution in [0.2, 0.25) is 0 Å². The maximum absolute atomic E-state index is 12.1. The van der Waals surface area contributed by atoms with Crippen molar-refractivity contribution in [1.82, 2.24) is 4.90 Å². The van der Waals surface area contributed by atoms with Gasteiger partial charge in [-0.25, -0.2) is 0 Å². The van der Waals surface area contributed by atoms with Crippen molar-refractivity contribution in [1.29, 1.82) is 0 Å². The summed E-state index contributed by atoms with van der Waals surface area (Å²) in [5.41, 5.74) is -1.69. The highest BCUT2D eigenvalue weighted by Gasteiger charge is 2.64. The summed E-state index contributed by atoms with van der Waals surface area (Å²) in [4.78, 5) is 24.9. The Bertz CT molecular complexity index is 447. The molecule has 0 aromatic carbocycles. The van der Waals surface area contributed by atoms with E-state index in [1.54, 1.807) is 19.9 Å². The summed E-state index contributed by atoms with van der Waals surface area (Å²) in [5.74, 6) is -1.44. The van der Waals surface area contributed by atoms with Gasteiger partial charge in [-0.15, -0.1) is 6.58 Å². The lowest BCUT2D eigenvalue weighted by atomic mass is 9.75. The molecule has 0 spiro atoms. The van der Waals surface area contributed by atoms with E-state index < -0.39 is 29.4 Å². The normalized spacial score (nSPS) is 35.8. The number of Topliss-reactive ketones (excluding diaryl/α,β-unsaturated/α-hetero) is 1. The first kappa shape index (κ1) is 15.2. The first-order chi connectivity index (χ1) is 9.21. The first-order valence-electron chi connectivity index (χ1n) is 6.67. The van der Waals surface area contributed by atoms with Gasteiger partial charge in [0.25, 0.3) is 5.91 Å². The molecule has 0 aliphatic carbocycles. The predicted molar refractivity (Wildman–Crippen MR) is 70.8 cm³/mol. The Labute approximate surface area is 118 Å². The second-order valence-electron chi connectivity index (χ2n) is 5.86. The van der Waals surface area contributed by atoms with Crippen LogP contribution >= 0.6 is 0 Å². The summed E-state index contributed by atoms with van der Waals surface area (Å²) in [7, 11) is 0. The van der Waals surface area contributed by atoms with Crippen molar-refractivity contribution in [3.8, 4) is 0 Å². The van der Waals surface area contributed by atoms with Crippen LogP contribution in [0.3, 0.4) is 0 Å². The Morgan fingerprint density at radius 3 is 2.70 bits per heavy atom. The average molecular weight is 283 g/mol. The number of rotatable bonds is 5. The molecule has 2 rings (SSSR count). The number of ketones is 1. The number of hydrogen-bond donors (Lipinski definition) is 1. The summed E-state index contributed by atoms with van der Waals surface area (Å²) >= 11 is 0. The molecule has 2 heterocycles. The van der Waals surface area contributed by atoms with Gasteiger partial charge in [0, 0.05) is 13.0 Å². The van der Waals surface area contributed by atoms with E-state index in [2.05, 4.69) is 6.58 Å².